The van der Waals surface area contributed by atoms with Crippen molar-refractivity contribution in [1.82, 2.24) is 5.32 Å². The van der Waals surface area contributed by atoms with Crippen molar-refractivity contribution in [2.24, 2.45) is 0 Å². The number of amides is 1. The molecule has 2 aromatic carbocycles. The van der Waals surface area contributed by atoms with Crippen LogP contribution in [-0.4, -0.2) is 16.9 Å². The summed E-state index contributed by atoms with van der Waals surface area (Å²) in [4.78, 5) is 22.3. The molecule has 0 saturated heterocycles. The summed E-state index contributed by atoms with van der Waals surface area (Å²) in [6, 6.07) is 13.1. The van der Waals surface area contributed by atoms with Crippen LogP contribution in [0.4, 0.5) is 5.69 Å². The second kappa shape index (κ2) is 5.55. The van der Waals surface area contributed by atoms with E-state index in [-0.39, 0.29) is 28.0 Å². The molecule has 0 fully saturated rings. The maximum atomic E-state index is 11.6. The lowest BCUT2D eigenvalue weighted by Gasteiger charge is -2.43. The first-order valence-corrected chi connectivity index (χ1v) is 8.35. The van der Waals surface area contributed by atoms with E-state index in [0.717, 1.165) is 24.0 Å². The van der Waals surface area contributed by atoms with E-state index in [2.05, 4.69) is 24.4 Å². The van der Waals surface area contributed by atoms with E-state index in [0.29, 0.717) is 0 Å². The molecule has 0 spiro atoms. The topological polar surface area (TPSA) is 72.2 Å². The third-order valence-corrected chi connectivity index (χ3v) is 5.40. The van der Waals surface area contributed by atoms with Crippen LogP contribution in [0.5, 0.6) is 0 Å². The molecule has 4 rings (SSSR count). The van der Waals surface area contributed by atoms with E-state index >= 15 is 0 Å². The molecule has 1 N–H and O–H groups in total. The molecule has 1 amide bonds. The molecule has 126 valence electrons. The summed E-state index contributed by atoms with van der Waals surface area (Å²) in [5, 5.41) is 14.1. The van der Waals surface area contributed by atoms with E-state index in [4.69, 9.17) is 0 Å². The highest BCUT2D eigenvalue weighted by molar-refractivity contribution is 5.89. The van der Waals surface area contributed by atoms with Crippen LogP contribution < -0.4 is 5.32 Å². The molecule has 2 atom stereocenters. The summed E-state index contributed by atoms with van der Waals surface area (Å²) in [5.74, 6) is -0.0286. The van der Waals surface area contributed by atoms with Crippen molar-refractivity contribution in [3.63, 3.8) is 0 Å². The predicted molar refractivity (Wildman–Crippen MR) is 95.3 cm³/mol. The van der Waals surface area contributed by atoms with Crippen LogP contribution in [0.3, 0.4) is 0 Å². The summed E-state index contributed by atoms with van der Waals surface area (Å²) in [7, 11) is 0. The second-order valence-electron chi connectivity index (χ2n) is 6.90. The van der Waals surface area contributed by atoms with Crippen molar-refractivity contribution in [3.05, 3.63) is 75.9 Å². The molecule has 25 heavy (non-hydrogen) atoms. The summed E-state index contributed by atoms with van der Waals surface area (Å²) in [6.45, 7) is 2.15. The Bertz CT molecular complexity index is 919. The highest BCUT2D eigenvalue weighted by Crippen LogP contribution is 2.41. The number of nitrogens with zero attached hydrogens (tertiary/aromatic N) is 1. The maximum absolute atomic E-state index is 11.6. The first-order valence-electron chi connectivity index (χ1n) is 8.35. The number of non-ortho nitro benzene ring substituents is 1. The summed E-state index contributed by atoms with van der Waals surface area (Å²) in [5.41, 5.74) is 4.17. The molecule has 0 aromatic heterocycles. The molecular formula is C20H18N2O3. The van der Waals surface area contributed by atoms with E-state index in [9.17, 15) is 14.9 Å². The van der Waals surface area contributed by atoms with Crippen molar-refractivity contribution >= 4 is 11.6 Å². The molecule has 2 aliphatic rings. The Hall–Kier alpha value is -2.95. The van der Waals surface area contributed by atoms with Crippen LogP contribution >= 0.6 is 0 Å². The van der Waals surface area contributed by atoms with Crippen LogP contribution in [0.1, 0.15) is 24.5 Å². The molecule has 1 heterocycles. The Morgan fingerprint density at radius 1 is 1.20 bits per heavy atom. The average Bonchev–Trinajstić information content (AvgIpc) is 2.62. The Labute approximate surface area is 145 Å². The van der Waals surface area contributed by atoms with Crippen molar-refractivity contribution in [2.75, 3.05) is 0 Å². The predicted octanol–water partition coefficient (Wildman–Crippen LogP) is 3.52. The number of benzene rings is 2. The molecule has 5 nitrogen and oxygen atoms in total. The standard InChI is InChI=1S/C20H18N2O3/c1-20-10-9-19(23)21-18(20)8-6-15-11-14(5-7-17(15)20)13-3-2-4-16(12-13)22(24)25/h2-5,7,9-12,18H,6,8H2,1H3,(H,21,23)/t18?,20-/m1/s1. The van der Waals surface area contributed by atoms with Gasteiger partial charge in [0.25, 0.3) is 5.69 Å². The molecule has 2 aromatic rings. The fraction of sp³-hybridized carbons (Fsp3) is 0.250. The number of carbonyl (C=O) groups is 1. The number of rotatable bonds is 2. The molecular weight excluding hydrogens is 316 g/mol. The van der Waals surface area contributed by atoms with Gasteiger partial charge in [-0.2, -0.15) is 0 Å². The number of fused-ring (bicyclic) bond motifs is 3. The van der Waals surface area contributed by atoms with Gasteiger partial charge in [-0.1, -0.05) is 36.4 Å². The van der Waals surface area contributed by atoms with Gasteiger partial charge in [-0.3, -0.25) is 14.9 Å². The van der Waals surface area contributed by atoms with E-state index in [1.54, 1.807) is 18.2 Å². The lowest BCUT2D eigenvalue weighted by atomic mass is 9.66. The molecule has 1 unspecified atom stereocenters. The van der Waals surface area contributed by atoms with Crippen LogP contribution in [0, 0.1) is 10.1 Å². The van der Waals surface area contributed by atoms with E-state index < -0.39 is 0 Å². The van der Waals surface area contributed by atoms with Crippen molar-refractivity contribution < 1.29 is 9.72 Å². The maximum Gasteiger partial charge on any atom is 0.270 e. The lowest BCUT2D eigenvalue weighted by molar-refractivity contribution is -0.384. The third-order valence-electron chi connectivity index (χ3n) is 5.40. The molecule has 0 radical (unpaired) electrons. The normalized spacial score (nSPS) is 24.2. The van der Waals surface area contributed by atoms with Gasteiger partial charge in [0.05, 0.1) is 4.92 Å². The van der Waals surface area contributed by atoms with Gasteiger partial charge < -0.3 is 5.32 Å². The van der Waals surface area contributed by atoms with Gasteiger partial charge in [0, 0.05) is 23.6 Å². The first kappa shape index (κ1) is 15.6. The number of hydrogen-bond donors (Lipinski definition) is 1. The number of nitro benzene ring substituents is 1. The zero-order valence-corrected chi connectivity index (χ0v) is 13.9. The van der Waals surface area contributed by atoms with E-state index in [1.807, 2.05) is 18.2 Å². The number of nitrogens with one attached hydrogen (secondary N) is 1. The number of nitro groups is 1. The number of carbonyl (C=O) groups excluding carboxylic acids is 1. The minimum absolute atomic E-state index is 0.0286. The first-order chi connectivity index (χ1) is 12.0. The zero-order valence-electron chi connectivity index (χ0n) is 13.9. The van der Waals surface area contributed by atoms with Crippen LogP contribution in [-0.2, 0) is 16.6 Å². The quantitative estimate of drug-likeness (QED) is 0.674. The van der Waals surface area contributed by atoms with Gasteiger partial charge in [-0.15, -0.1) is 0 Å². The van der Waals surface area contributed by atoms with Gasteiger partial charge in [0.15, 0.2) is 0 Å². The van der Waals surface area contributed by atoms with Crippen molar-refractivity contribution in [3.8, 4) is 11.1 Å². The minimum Gasteiger partial charge on any atom is -0.349 e. The molecule has 1 aliphatic heterocycles. The molecule has 1 aliphatic carbocycles. The molecule has 5 heteroatoms. The molecule has 0 bridgehead atoms. The average molecular weight is 334 g/mol. The Morgan fingerprint density at radius 3 is 2.80 bits per heavy atom. The van der Waals surface area contributed by atoms with Gasteiger partial charge in [0.1, 0.15) is 0 Å². The van der Waals surface area contributed by atoms with Gasteiger partial charge in [-0.05, 0) is 48.1 Å². The van der Waals surface area contributed by atoms with Crippen molar-refractivity contribution in [1.29, 1.82) is 0 Å². The Morgan fingerprint density at radius 2 is 2.00 bits per heavy atom. The minimum atomic E-state index is -0.372. The summed E-state index contributed by atoms with van der Waals surface area (Å²) >= 11 is 0. The van der Waals surface area contributed by atoms with Crippen LogP contribution in [0.15, 0.2) is 54.6 Å². The number of hydrogen-bond acceptors (Lipinski definition) is 3. The molecule has 0 saturated carbocycles. The van der Waals surface area contributed by atoms with Crippen molar-refractivity contribution in [2.45, 2.75) is 31.2 Å². The fourth-order valence-corrected chi connectivity index (χ4v) is 3.99. The smallest absolute Gasteiger partial charge is 0.270 e. The fourth-order valence-electron chi connectivity index (χ4n) is 3.99. The monoisotopic (exact) mass is 334 g/mol. The highest BCUT2D eigenvalue weighted by Gasteiger charge is 2.41. The SMILES string of the molecule is C[C@]12C=CC(=O)NC1CCc1cc(-c3cccc([N+](=O)[O-])c3)ccc12. The largest absolute Gasteiger partial charge is 0.349 e. The van der Waals surface area contributed by atoms with Gasteiger partial charge in [-0.25, -0.2) is 0 Å². The third kappa shape index (κ3) is 2.52. The van der Waals surface area contributed by atoms with E-state index in [1.165, 1.54) is 17.2 Å². The highest BCUT2D eigenvalue weighted by atomic mass is 16.6. The van der Waals surface area contributed by atoms with Gasteiger partial charge >= 0.3 is 0 Å². The van der Waals surface area contributed by atoms with Crippen LogP contribution in [0.25, 0.3) is 11.1 Å². The second-order valence-corrected chi connectivity index (χ2v) is 6.90. The Balaban J connectivity index is 1.77. The lowest BCUT2D eigenvalue weighted by Crippen LogP contribution is -2.53. The summed E-state index contributed by atoms with van der Waals surface area (Å²) < 4.78 is 0. The van der Waals surface area contributed by atoms with Crippen LogP contribution in [0.2, 0.25) is 0 Å². The zero-order chi connectivity index (χ0) is 17.6. The number of aryl methyl sites for hydroxylation is 1. The summed E-state index contributed by atoms with van der Waals surface area (Å²) in [6.07, 6.45) is 5.38. The van der Waals surface area contributed by atoms with Gasteiger partial charge in [0.2, 0.25) is 5.91 Å². The Kier molecular flexibility index (Phi) is 3.46.